The quantitative estimate of drug-likeness (QED) is 0.319. The Hall–Kier alpha value is -3.27. The Balaban J connectivity index is 2.10. The SMILES string of the molecule is Cc1cn(C)c(CC(=O)NC(CCS)C(=O)N[C@H](Cc2ccccc2)C(=O)O)c1C(=O)O. The van der Waals surface area contributed by atoms with Crippen molar-refractivity contribution in [1.82, 2.24) is 15.2 Å². The number of aromatic carboxylic acids is 1. The Bertz CT molecular complexity index is 989. The van der Waals surface area contributed by atoms with Crippen LogP contribution in [0.1, 0.15) is 33.6 Å². The number of thiol groups is 1. The molecule has 2 amide bonds. The predicted octanol–water partition coefficient (Wildman–Crippen LogP) is 1.19. The summed E-state index contributed by atoms with van der Waals surface area (Å²) in [5.41, 5.74) is 1.63. The van der Waals surface area contributed by atoms with Crippen molar-refractivity contribution in [2.24, 2.45) is 7.05 Å². The monoisotopic (exact) mass is 461 g/mol. The van der Waals surface area contributed by atoms with Crippen molar-refractivity contribution >= 4 is 36.4 Å². The molecule has 0 aliphatic carbocycles. The Morgan fingerprint density at radius 2 is 1.72 bits per heavy atom. The molecule has 9 nitrogen and oxygen atoms in total. The molecule has 4 N–H and O–H groups in total. The number of carboxylic acids is 2. The van der Waals surface area contributed by atoms with Gasteiger partial charge in [0.1, 0.15) is 12.1 Å². The molecule has 10 heteroatoms. The maximum Gasteiger partial charge on any atom is 0.337 e. The van der Waals surface area contributed by atoms with Crippen molar-refractivity contribution in [1.29, 1.82) is 0 Å². The zero-order valence-corrected chi connectivity index (χ0v) is 18.8. The number of aromatic nitrogens is 1. The Morgan fingerprint density at radius 1 is 1.06 bits per heavy atom. The third kappa shape index (κ3) is 6.61. The van der Waals surface area contributed by atoms with Gasteiger partial charge in [-0.05, 0) is 30.2 Å². The number of carboxylic acid groups (broad SMARTS) is 2. The molecule has 0 saturated carbocycles. The lowest BCUT2D eigenvalue weighted by Crippen LogP contribution is -2.52. The van der Waals surface area contributed by atoms with Crippen LogP contribution in [0, 0.1) is 6.92 Å². The number of benzene rings is 1. The van der Waals surface area contributed by atoms with Gasteiger partial charge in [0.05, 0.1) is 12.0 Å². The van der Waals surface area contributed by atoms with E-state index in [1.54, 1.807) is 55.1 Å². The summed E-state index contributed by atoms with van der Waals surface area (Å²) >= 11 is 4.12. The summed E-state index contributed by atoms with van der Waals surface area (Å²) in [7, 11) is 1.64. The molecule has 1 aromatic carbocycles. The topological polar surface area (TPSA) is 138 Å². The van der Waals surface area contributed by atoms with E-state index >= 15 is 0 Å². The van der Waals surface area contributed by atoms with Crippen LogP contribution in [-0.2, 0) is 34.3 Å². The van der Waals surface area contributed by atoms with E-state index in [1.807, 2.05) is 0 Å². The molecule has 0 saturated heterocycles. The highest BCUT2D eigenvalue weighted by molar-refractivity contribution is 7.80. The van der Waals surface area contributed by atoms with Gasteiger partial charge in [0.15, 0.2) is 0 Å². The van der Waals surface area contributed by atoms with Crippen molar-refractivity contribution in [3.63, 3.8) is 0 Å². The summed E-state index contributed by atoms with van der Waals surface area (Å²) in [5, 5.41) is 24.0. The van der Waals surface area contributed by atoms with Gasteiger partial charge in [-0.2, -0.15) is 12.6 Å². The van der Waals surface area contributed by atoms with E-state index in [1.165, 1.54) is 0 Å². The van der Waals surface area contributed by atoms with Gasteiger partial charge in [0, 0.05) is 25.4 Å². The highest BCUT2D eigenvalue weighted by Crippen LogP contribution is 2.17. The third-order valence-corrected chi connectivity index (χ3v) is 5.26. The molecule has 0 fully saturated rings. The average molecular weight is 462 g/mol. The minimum absolute atomic E-state index is 0.0478. The zero-order chi connectivity index (χ0) is 23.8. The van der Waals surface area contributed by atoms with Crippen LogP contribution in [-0.4, -0.2) is 56.4 Å². The van der Waals surface area contributed by atoms with Crippen LogP contribution >= 0.6 is 12.6 Å². The molecule has 2 rings (SSSR count). The van der Waals surface area contributed by atoms with Crippen molar-refractivity contribution in [3.05, 3.63) is 58.9 Å². The van der Waals surface area contributed by atoms with Crippen LogP contribution in [0.15, 0.2) is 36.5 Å². The molecule has 2 aromatic rings. The molecular formula is C22H27N3O6S. The second-order valence-electron chi connectivity index (χ2n) is 7.45. The van der Waals surface area contributed by atoms with Gasteiger partial charge in [-0.3, -0.25) is 9.59 Å². The number of hydrogen-bond donors (Lipinski definition) is 5. The highest BCUT2D eigenvalue weighted by Gasteiger charge is 2.27. The van der Waals surface area contributed by atoms with E-state index in [0.717, 1.165) is 5.56 Å². The first-order valence-electron chi connectivity index (χ1n) is 9.99. The number of amides is 2. The van der Waals surface area contributed by atoms with Crippen molar-refractivity contribution < 1.29 is 29.4 Å². The van der Waals surface area contributed by atoms with Crippen molar-refractivity contribution in [2.75, 3.05) is 5.75 Å². The lowest BCUT2D eigenvalue weighted by Gasteiger charge is -2.21. The molecule has 0 radical (unpaired) electrons. The molecule has 0 bridgehead atoms. The van der Waals surface area contributed by atoms with Gasteiger partial charge in [-0.1, -0.05) is 30.3 Å². The minimum Gasteiger partial charge on any atom is -0.480 e. The maximum atomic E-state index is 12.7. The van der Waals surface area contributed by atoms with Gasteiger partial charge in [-0.15, -0.1) is 0 Å². The second-order valence-corrected chi connectivity index (χ2v) is 7.90. The van der Waals surface area contributed by atoms with Crippen LogP contribution in [0.3, 0.4) is 0 Å². The Labute approximate surface area is 191 Å². The van der Waals surface area contributed by atoms with Crippen LogP contribution < -0.4 is 10.6 Å². The first-order valence-corrected chi connectivity index (χ1v) is 10.6. The van der Waals surface area contributed by atoms with Gasteiger partial charge < -0.3 is 25.4 Å². The summed E-state index contributed by atoms with van der Waals surface area (Å²) in [5.74, 6) is -3.24. The summed E-state index contributed by atoms with van der Waals surface area (Å²) in [4.78, 5) is 48.5. The largest absolute Gasteiger partial charge is 0.480 e. The fourth-order valence-electron chi connectivity index (χ4n) is 3.46. The molecule has 1 unspecified atom stereocenters. The van der Waals surface area contributed by atoms with Crippen LogP contribution in [0.4, 0.5) is 0 Å². The molecule has 0 aliphatic heterocycles. The second kappa shape index (κ2) is 11.4. The number of aryl methyl sites for hydroxylation is 2. The fraction of sp³-hybridized carbons (Fsp3) is 0.364. The molecule has 1 aromatic heterocycles. The Kier molecular flexibility index (Phi) is 8.89. The minimum atomic E-state index is -1.19. The summed E-state index contributed by atoms with van der Waals surface area (Å²) in [6, 6.07) is 6.70. The maximum absolute atomic E-state index is 12.7. The van der Waals surface area contributed by atoms with E-state index in [-0.39, 0.29) is 30.6 Å². The smallest absolute Gasteiger partial charge is 0.337 e. The molecular weight excluding hydrogens is 434 g/mol. The number of nitrogens with zero attached hydrogens (tertiary/aromatic N) is 1. The number of rotatable bonds is 11. The number of aliphatic carboxylic acids is 1. The Morgan fingerprint density at radius 3 is 2.28 bits per heavy atom. The fourth-order valence-corrected chi connectivity index (χ4v) is 3.72. The van der Waals surface area contributed by atoms with Crippen molar-refractivity contribution in [2.45, 2.75) is 38.3 Å². The molecule has 0 aliphatic rings. The van der Waals surface area contributed by atoms with E-state index in [9.17, 15) is 29.4 Å². The van der Waals surface area contributed by atoms with Gasteiger partial charge in [0.2, 0.25) is 11.8 Å². The first-order chi connectivity index (χ1) is 15.1. The molecule has 2 atom stereocenters. The lowest BCUT2D eigenvalue weighted by atomic mass is 10.1. The molecule has 1 heterocycles. The molecule has 172 valence electrons. The first kappa shape index (κ1) is 25.0. The lowest BCUT2D eigenvalue weighted by molar-refractivity contribution is -0.142. The standard InChI is InChI=1S/C22H27N3O6S/c1-13-12-25(2)17(19(13)22(30)31)11-18(26)23-15(8-9-32)20(27)24-16(21(28)29)10-14-6-4-3-5-7-14/h3-7,12,15-16,32H,8-11H2,1-2H3,(H,23,26)(H,24,27)(H,28,29)(H,30,31)/t15?,16-/m1/s1. The van der Waals surface area contributed by atoms with E-state index in [0.29, 0.717) is 11.3 Å². The number of carbonyl (C=O) groups excluding carboxylic acids is 2. The number of nitrogens with one attached hydrogen (secondary N) is 2. The summed E-state index contributed by atoms with van der Waals surface area (Å²) in [6.45, 7) is 1.64. The van der Waals surface area contributed by atoms with Gasteiger partial charge in [-0.25, -0.2) is 9.59 Å². The van der Waals surface area contributed by atoms with Gasteiger partial charge in [0.25, 0.3) is 0 Å². The van der Waals surface area contributed by atoms with Crippen molar-refractivity contribution in [3.8, 4) is 0 Å². The zero-order valence-electron chi connectivity index (χ0n) is 17.9. The highest BCUT2D eigenvalue weighted by atomic mass is 32.1. The summed E-state index contributed by atoms with van der Waals surface area (Å²) < 4.78 is 1.56. The normalized spacial score (nSPS) is 12.6. The predicted molar refractivity (Wildman–Crippen MR) is 121 cm³/mol. The number of carbonyl (C=O) groups is 4. The number of hydrogen-bond acceptors (Lipinski definition) is 5. The van der Waals surface area contributed by atoms with Crippen LogP contribution in [0.2, 0.25) is 0 Å². The molecule has 0 spiro atoms. The van der Waals surface area contributed by atoms with E-state index in [4.69, 9.17) is 0 Å². The van der Waals surface area contributed by atoms with Gasteiger partial charge >= 0.3 is 11.9 Å². The van der Waals surface area contributed by atoms with Crippen LogP contribution in [0.25, 0.3) is 0 Å². The summed E-state index contributed by atoms with van der Waals surface area (Å²) in [6.07, 6.45) is 1.64. The average Bonchev–Trinajstić information content (AvgIpc) is 3.00. The third-order valence-electron chi connectivity index (χ3n) is 5.00. The van der Waals surface area contributed by atoms with E-state index in [2.05, 4.69) is 23.3 Å². The van der Waals surface area contributed by atoms with Crippen LogP contribution in [0.5, 0.6) is 0 Å². The van der Waals surface area contributed by atoms with E-state index < -0.39 is 35.8 Å². The molecule has 32 heavy (non-hydrogen) atoms.